The molecule has 3 unspecified atom stereocenters. The minimum absolute atomic E-state index is 0.0442. The summed E-state index contributed by atoms with van der Waals surface area (Å²) in [6, 6.07) is 21.0. The van der Waals surface area contributed by atoms with E-state index in [4.69, 9.17) is 0 Å². The lowest BCUT2D eigenvalue weighted by Crippen LogP contribution is -2.66. The monoisotopic (exact) mass is 319 g/mol. The Morgan fingerprint density at radius 3 is 2.00 bits per heavy atom. The number of fused-ring (bicyclic) bond motifs is 3. The summed E-state index contributed by atoms with van der Waals surface area (Å²) in [5.41, 5.74) is 2.58. The van der Waals surface area contributed by atoms with Crippen LogP contribution in [0.25, 0.3) is 0 Å². The number of benzene rings is 2. The molecule has 3 aliphatic heterocycles. The van der Waals surface area contributed by atoms with E-state index < -0.39 is 0 Å². The molecule has 124 valence electrons. The smallest absolute Gasteiger partial charge is 0.154 e. The van der Waals surface area contributed by atoms with E-state index in [-0.39, 0.29) is 23.4 Å². The zero-order valence-corrected chi connectivity index (χ0v) is 14.5. The molecule has 24 heavy (non-hydrogen) atoms. The molecule has 3 atom stereocenters. The fraction of sp³-hybridized carbons (Fsp3) is 0.409. The van der Waals surface area contributed by atoms with Gasteiger partial charge in [-0.2, -0.15) is 0 Å². The summed E-state index contributed by atoms with van der Waals surface area (Å²) in [7, 11) is 0. The van der Waals surface area contributed by atoms with Crippen LogP contribution in [0, 0.1) is 5.92 Å². The lowest BCUT2D eigenvalue weighted by atomic mass is 9.67. The molecule has 3 saturated heterocycles. The number of rotatable bonds is 3. The van der Waals surface area contributed by atoms with Gasteiger partial charge in [0.15, 0.2) is 5.78 Å². The van der Waals surface area contributed by atoms with Gasteiger partial charge in [-0.25, -0.2) is 0 Å². The van der Waals surface area contributed by atoms with Gasteiger partial charge in [-0.15, -0.1) is 0 Å². The van der Waals surface area contributed by atoms with Crippen molar-refractivity contribution in [2.24, 2.45) is 5.92 Å². The van der Waals surface area contributed by atoms with Gasteiger partial charge in [-0.05, 0) is 37.8 Å². The van der Waals surface area contributed by atoms with Crippen LogP contribution in [0.1, 0.15) is 43.7 Å². The van der Waals surface area contributed by atoms with Crippen molar-refractivity contribution in [3.63, 3.8) is 0 Å². The van der Waals surface area contributed by atoms with E-state index in [0.29, 0.717) is 5.78 Å². The van der Waals surface area contributed by atoms with Gasteiger partial charge in [0.2, 0.25) is 0 Å². The standard InChI is InChI=1S/C22H25NO/c1-22(2)15-18-13-14-23(22)20(21(18)24)19(16-9-5-3-6-10-16)17-11-7-4-8-12-17/h3-12,18-20H,13-15H2,1-2H3. The maximum Gasteiger partial charge on any atom is 0.154 e. The first kappa shape index (κ1) is 15.6. The molecule has 0 aromatic heterocycles. The highest BCUT2D eigenvalue weighted by Crippen LogP contribution is 2.46. The van der Waals surface area contributed by atoms with Crippen molar-refractivity contribution in [1.29, 1.82) is 0 Å². The second-order valence-electron chi connectivity index (χ2n) is 7.84. The van der Waals surface area contributed by atoms with Gasteiger partial charge in [0.25, 0.3) is 0 Å². The van der Waals surface area contributed by atoms with Gasteiger partial charge in [0, 0.05) is 23.9 Å². The van der Waals surface area contributed by atoms with E-state index >= 15 is 0 Å². The molecule has 2 nitrogen and oxygen atoms in total. The van der Waals surface area contributed by atoms with Crippen LogP contribution in [0.15, 0.2) is 60.7 Å². The number of Topliss-reactive ketones (excluding diaryl/α,β-unsaturated/α-hetero) is 1. The molecule has 0 radical (unpaired) electrons. The average molecular weight is 319 g/mol. The number of nitrogens with zero attached hydrogens (tertiary/aromatic N) is 1. The van der Waals surface area contributed by atoms with Crippen molar-refractivity contribution >= 4 is 5.78 Å². The van der Waals surface area contributed by atoms with Gasteiger partial charge in [-0.1, -0.05) is 60.7 Å². The largest absolute Gasteiger partial charge is 0.298 e. The molecular weight excluding hydrogens is 294 g/mol. The molecule has 0 spiro atoms. The number of carbonyl (C=O) groups is 1. The third-order valence-electron chi connectivity index (χ3n) is 5.90. The van der Waals surface area contributed by atoms with Gasteiger partial charge in [0.05, 0.1) is 6.04 Å². The first-order chi connectivity index (χ1) is 11.6. The Hall–Kier alpha value is -1.93. The molecular formula is C22H25NO. The summed E-state index contributed by atoms with van der Waals surface area (Å²) in [6.07, 6.45) is 2.02. The van der Waals surface area contributed by atoms with Crippen molar-refractivity contribution in [2.75, 3.05) is 6.54 Å². The van der Waals surface area contributed by atoms with Crippen molar-refractivity contribution in [2.45, 2.75) is 44.2 Å². The van der Waals surface area contributed by atoms with E-state index in [0.717, 1.165) is 19.4 Å². The van der Waals surface area contributed by atoms with Crippen LogP contribution in [0.5, 0.6) is 0 Å². The highest BCUT2D eigenvalue weighted by atomic mass is 16.1. The zero-order chi connectivity index (χ0) is 16.7. The van der Waals surface area contributed by atoms with E-state index in [2.05, 4.69) is 67.3 Å². The molecule has 2 aromatic carbocycles. The number of carbonyl (C=O) groups excluding carboxylic acids is 1. The van der Waals surface area contributed by atoms with Crippen LogP contribution >= 0.6 is 0 Å². The summed E-state index contributed by atoms with van der Waals surface area (Å²) in [4.78, 5) is 15.7. The van der Waals surface area contributed by atoms with Crippen molar-refractivity contribution < 1.29 is 4.79 Å². The highest BCUT2D eigenvalue weighted by Gasteiger charge is 2.52. The number of piperidine rings is 3. The maximum atomic E-state index is 13.2. The average Bonchev–Trinajstić information content (AvgIpc) is 2.59. The Kier molecular flexibility index (Phi) is 3.80. The molecule has 0 amide bonds. The quantitative estimate of drug-likeness (QED) is 0.842. The van der Waals surface area contributed by atoms with Crippen molar-refractivity contribution in [3.05, 3.63) is 71.8 Å². The Balaban J connectivity index is 1.83. The van der Waals surface area contributed by atoms with Gasteiger partial charge in [0.1, 0.15) is 0 Å². The number of hydrogen-bond acceptors (Lipinski definition) is 2. The Bertz CT molecular complexity index is 683. The van der Waals surface area contributed by atoms with Crippen LogP contribution in [0.3, 0.4) is 0 Å². The molecule has 2 heteroatoms. The third kappa shape index (κ3) is 2.50. The van der Waals surface area contributed by atoms with Crippen LogP contribution in [-0.4, -0.2) is 28.8 Å². The van der Waals surface area contributed by atoms with E-state index in [1.165, 1.54) is 11.1 Å². The minimum Gasteiger partial charge on any atom is -0.298 e. The van der Waals surface area contributed by atoms with Gasteiger partial charge < -0.3 is 0 Å². The highest BCUT2D eigenvalue weighted by molar-refractivity contribution is 5.90. The first-order valence-corrected chi connectivity index (χ1v) is 8.98. The third-order valence-corrected chi connectivity index (χ3v) is 5.90. The van der Waals surface area contributed by atoms with Crippen molar-refractivity contribution in [3.8, 4) is 0 Å². The molecule has 5 rings (SSSR count). The lowest BCUT2D eigenvalue weighted by molar-refractivity contribution is -0.147. The van der Waals surface area contributed by atoms with E-state index in [9.17, 15) is 4.79 Å². The van der Waals surface area contributed by atoms with Crippen molar-refractivity contribution in [1.82, 2.24) is 4.90 Å². The molecule has 2 bridgehead atoms. The second kappa shape index (κ2) is 5.86. The van der Waals surface area contributed by atoms with E-state index in [1.807, 2.05) is 12.1 Å². The predicted molar refractivity (Wildman–Crippen MR) is 97.0 cm³/mol. The maximum absolute atomic E-state index is 13.2. The summed E-state index contributed by atoms with van der Waals surface area (Å²) < 4.78 is 0. The SMILES string of the molecule is CC1(C)CC2CCN1C(C(c1ccccc1)c1ccccc1)C2=O. The summed E-state index contributed by atoms with van der Waals surface area (Å²) >= 11 is 0. The fourth-order valence-corrected chi connectivity index (χ4v) is 4.80. The molecule has 0 saturated carbocycles. The van der Waals surface area contributed by atoms with Gasteiger partial charge >= 0.3 is 0 Å². The second-order valence-corrected chi connectivity index (χ2v) is 7.84. The molecule has 0 aliphatic carbocycles. The first-order valence-electron chi connectivity index (χ1n) is 8.98. The zero-order valence-electron chi connectivity index (χ0n) is 14.5. The van der Waals surface area contributed by atoms with Crippen LogP contribution in [-0.2, 0) is 4.79 Å². The molecule has 2 aromatic rings. The van der Waals surface area contributed by atoms with Gasteiger partial charge in [-0.3, -0.25) is 9.69 Å². The van der Waals surface area contributed by atoms with Crippen LogP contribution in [0.4, 0.5) is 0 Å². The summed E-state index contributed by atoms with van der Waals surface area (Å²) in [5, 5.41) is 0. The Morgan fingerprint density at radius 2 is 1.50 bits per heavy atom. The minimum atomic E-state index is -0.0442. The van der Waals surface area contributed by atoms with E-state index in [1.54, 1.807) is 0 Å². The fourth-order valence-electron chi connectivity index (χ4n) is 4.80. The number of hydrogen-bond donors (Lipinski definition) is 0. The lowest BCUT2D eigenvalue weighted by Gasteiger charge is -2.56. The number of ketones is 1. The normalized spacial score (nSPS) is 28.3. The molecule has 0 N–H and O–H groups in total. The Labute approximate surface area is 144 Å². The summed E-state index contributed by atoms with van der Waals surface area (Å²) in [6.45, 7) is 5.63. The predicted octanol–water partition coefficient (Wildman–Crippen LogP) is 4.26. The molecule has 3 aliphatic rings. The van der Waals surface area contributed by atoms with Crippen LogP contribution in [0.2, 0.25) is 0 Å². The van der Waals surface area contributed by atoms with Crippen LogP contribution < -0.4 is 0 Å². The Morgan fingerprint density at radius 1 is 0.958 bits per heavy atom. The topological polar surface area (TPSA) is 20.3 Å². The summed E-state index contributed by atoms with van der Waals surface area (Å²) in [5.74, 6) is 0.783. The molecule has 3 fully saturated rings. The molecule has 3 heterocycles.